The predicted molar refractivity (Wildman–Crippen MR) is 54.8 cm³/mol. The second-order valence-corrected chi connectivity index (χ2v) is 3.99. The molecule has 1 heterocycles. The van der Waals surface area contributed by atoms with Crippen molar-refractivity contribution in [2.45, 2.75) is 31.8 Å². The lowest BCUT2D eigenvalue weighted by molar-refractivity contribution is -0.123. The Labute approximate surface area is 88.1 Å². The van der Waals surface area contributed by atoms with Gasteiger partial charge in [-0.15, -0.1) is 0 Å². The molecule has 0 aliphatic heterocycles. The largest absolute Gasteiger partial charge is 0.349 e. The molecule has 0 saturated heterocycles. The van der Waals surface area contributed by atoms with Crippen LogP contribution in [-0.2, 0) is 11.3 Å². The van der Waals surface area contributed by atoms with Crippen LogP contribution in [0.4, 0.5) is 0 Å². The Hall–Kier alpha value is -1.49. The Morgan fingerprint density at radius 3 is 2.80 bits per heavy atom. The molecule has 15 heavy (non-hydrogen) atoms. The topological polar surface area (TPSA) is 80.9 Å². The fourth-order valence-electron chi connectivity index (χ4n) is 1.22. The third-order valence-electron chi connectivity index (χ3n) is 2.51. The maximum absolute atomic E-state index is 11.5. The summed E-state index contributed by atoms with van der Waals surface area (Å²) in [6, 6.07) is 0. The smallest absolute Gasteiger partial charge is 0.240 e. The molecule has 0 unspecified atom stereocenters. The summed E-state index contributed by atoms with van der Waals surface area (Å²) in [5, 5.41) is 2.75. The van der Waals surface area contributed by atoms with Crippen molar-refractivity contribution in [3.63, 3.8) is 0 Å². The monoisotopic (exact) mass is 206 g/mol. The lowest BCUT2D eigenvalue weighted by atomic mass is 10.2. The van der Waals surface area contributed by atoms with Gasteiger partial charge in [-0.25, -0.2) is 0 Å². The van der Waals surface area contributed by atoms with Gasteiger partial charge in [0.1, 0.15) is 0 Å². The SMILES string of the molecule is Cc1cnc(CNC(=O)C2(N)CC2)cn1. The first-order valence-corrected chi connectivity index (χ1v) is 4.95. The number of nitrogens with two attached hydrogens (primary N) is 1. The summed E-state index contributed by atoms with van der Waals surface area (Å²) in [6.07, 6.45) is 4.89. The number of hydrogen-bond acceptors (Lipinski definition) is 4. The molecule has 0 spiro atoms. The molecule has 0 atom stereocenters. The summed E-state index contributed by atoms with van der Waals surface area (Å²) in [5.41, 5.74) is 6.73. The Bertz CT molecular complexity index is 370. The van der Waals surface area contributed by atoms with Gasteiger partial charge >= 0.3 is 0 Å². The van der Waals surface area contributed by atoms with Gasteiger partial charge in [0, 0.05) is 6.20 Å². The summed E-state index contributed by atoms with van der Waals surface area (Å²) in [4.78, 5) is 19.7. The van der Waals surface area contributed by atoms with Crippen molar-refractivity contribution in [1.82, 2.24) is 15.3 Å². The van der Waals surface area contributed by atoms with Crippen molar-refractivity contribution in [3.05, 3.63) is 23.8 Å². The molecule has 2 rings (SSSR count). The molecule has 1 aromatic heterocycles. The zero-order valence-electron chi connectivity index (χ0n) is 8.66. The van der Waals surface area contributed by atoms with E-state index in [-0.39, 0.29) is 5.91 Å². The lowest BCUT2D eigenvalue weighted by Gasteiger charge is -2.09. The van der Waals surface area contributed by atoms with Crippen LogP contribution in [0.1, 0.15) is 24.2 Å². The Balaban J connectivity index is 1.88. The zero-order valence-corrected chi connectivity index (χ0v) is 8.66. The number of nitrogens with zero attached hydrogens (tertiary/aromatic N) is 2. The lowest BCUT2D eigenvalue weighted by Crippen LogP contribution is -2.42. The first-order chi connectivity index (χ1) is 7.10. The minimum Gasteiger partial charge on any atom is -0.349 e. The van der Waals surface area contributed by atoms with Crippen LogP contribution in [0.15, 0.2) is 12.4 Å². The molecule has 0 aromatic carbocycles. The molecule has 1 fully saturated rings. The fourth-order valence-corrected chi connectivity index (χ4v) is 1.22. The van der Waals surface area contributed by atoms with E-state index in [1.54, 1.807) is 12.4 Å². The molecule has 1 aromatic rings. The van der Waals surface area contributed by atoms with Gasteiger partial charge in [0.15, 0.2) is 0 Å². The highest BCUT2D eigenvalue weighted by Crippen LogP contribution is 2.32. The van der Waals surface area contributed by atoms with Crippen LogP contribution in [-0.4, -0.2) is 21.4 Å². The number of amides is 1. The van der Waals surface area contributed by atoms with Gasteiger partial charge in [0.05, 0.1) is 29.7 Å². The second-order valence-electron chi connectivity index (χ2n) is 3.99. The predicted octanol–water partition coefficient (Wildman–Crippen LogP) is -0.107. The van der Waals surface area contributed by atoms with E-state index in [4.69, 9.17) is 5.73 Å². The van der Waals surface area contributed by atoms with E-state index in [1.807, 2.05) is 6.92 Å². The van der Waals surface area contributed by atoms with Crippen molar-refractivity contribution in [2.24, 2.45) is 5.73 Å². The zero-order chi connectivity index (χ0) is 10.9. The van der Waals surface area contributed by atoms with E-state index in [9.17, 15) is 4.79 Å². The second kappa shape index (κ2) is 3.58. The van der Waals surface area contributed by atoms with Crippen LogP contribution in [0, 0.1) is 6.92 Å². The Kier molecular flexibility index (Phi) is 2.40. The summed E-state index contributed by atoms with van der Waals surface area (Å²) in [7, 11) is 0. The highest BCUT2D eigenvalue weighted by molar-refractivity contribution is 5.88. The van der Waals surface area contributed by atoms with Crippen LogP contribution >= 0.6 is 0 Å². The highest BCUT2D eigenvalue weighted by atomic mass is 16.2. The van der Waals surface area contributed by atoms with E-state index < -0.39 is 5.54 Å². The average Bonchev–Trinajstić information content (AvgIpc) is 2.97. The minimum absolute atomic E-state index is 0.0927. The maximum atomic E-state index is 11.5. The minimum atomic E-state index is -0.613. The van der Waals surface area contributed by atoms with Crippen molar-refractivity contribution in [1.29, 1.82) is 0 Å². The van der Waals surface area contributed by atoms with Gasteiger partial charge in [0.2, 0.25) is 5.91 Å². The molecule has 1 amide bonds. The number of aryl methyl sites for hydroxylation is 1. The summed E-state index contributed by atoms with van der Waals surface area (Å²) >= 11 is 0. The molecule has 1 aliphatic rings. The van der Waals surface area contributed by atoms with Crippen molar-refractivity contribution in [2.75, 3.05) is 0 Å². The Morgan fingerprint density at radius 1 is 1.53 bits per heavy atom. The molecule has 0 radical (unpaired) electrons. The normalized spacial score (nSPS) is 17.2. The van der Waals surface area contributed by atoms with Gasteiger partial charge < -0.3 is 11.1 Å². The van der Waals surface area contributed by atoms with Crippen LogP contribution in [0.5, 0.6) is 0 Å². The summed E-state index contributed by atoms with van der Waals surface area (Å²) < 4.78 is 0. The van der Waals surface area contributed by atoms with E-state index in [2.05, 4.69) is 15.3 Å². The first kappa shape index (κ1) is 10.0. The summed E-state index contributed by atoms with van der Waals surface area (Å²) in [5.74, 6) is -0.0927. The maximum Gasteiger partial charge on any atom is 0.240 e. The molecule has 1 saturated carbocycles. The number of nitrogens with one attached hydrogen (secondary N) is 1. The number of aromatic nitrogens is 2. The number of hydrogen-bond donors (Lipinski definition) is 2. The first-order valence-electron chi connectivity index (χ1n) is 4.95. The van der Waals surface area contributed by atoms with Crippen LogP contribution in [0.2, 0.25) is 0 Å². The third-order valence-corrected chi connectivity index (χ3v) is 2.51. The van der Waals surface area contributed by atoms with Crippen molar-refractivity contribution < 1.29 is 4.79 Å². The van der Waals surface area contributed by atoms with Crippen molar-refractivity contribution in [3.8, 4) is 0 Å². The number of rotatable bonds is 3. The van der Waals surface area contributed by atoms with Gasteiger partial charge in [-0.1, -0.05) is 0 Å². The molecule has 3 N–H and O–H groups in total. The van der Waals surface area contributed by atoms with E-state index in [0.717, 1.165) is 24.2 Å². The van der Waals surface area contributed by atoms with Gasteiger partial charge in [-0.05, 0) is 19.8 Å². The number of carbonyl (C=O) groups excluding carboxylic acids is 1. The standard InChI is InChI=1S/C10H14N4O/c1-7-4-13-8(5-12-7)6-14-9(15)10(11)2-3-10/h4-5H,2-3,6,11H2,1H3,(H,14,15). The van der Waals surface area contributed by atoms with Crippen LogP contribution < -0.4 is 11.1 Å². The molecule has 80 valence electrons. The van der Waals surface area contributed by atoms with Crippen molar-refractivity contribution >= 4 is 5.91 Å². The third kappa shape index (κ3) is 2.30. The highest BCUT2D eigenvalue weighted by Gasteiger charge is 2.45. The van der Waals surface area contributed by atoms with Crippen LogP contribution in [0.25, 0.3) is 0 Å². The molecular weight excluding hydrogens is 192 g/mol. The van der Waals surface area contributed by atoms with E-state index >= 15 is 0 Å². The summed E-state index contributed by atoms with van der Waals surface area (Å²) in [6.45, 7) is 2.26. The van der Waals surface area contributed by atoms with Gasteiger partial charge in [-0.3, -0.25) is 14.8 Å². The molecule has 1 aliphatic carbocycles. The average molecular weight is 206 g/mol. The molecule has 0 bridgehead atoms. The fraction of sp³-hybridized carbons (Fsp3) is 0.500. The molecule has 5 nitrogen and oxygen atoms in total. The van der Waals surface area contributed by atoms with E-state index in [1.165, 1.54) is 0 Å². The Morgan fingerprint density at radius 2 is 2.27 bits per heavy atom. The van der Waals surface area contributed by atoms with Gasteiger partial charge in [-0.2, -0.15) is 0 Å². The van der Waals surface area contributed by atoms with Crippen LogP contribution in [0.3, 0.4) is 0 Å². The molecule has 5 heteroatoms. The quantitative estimate of drug-likeness (QED) is 0.723. The van der Waals surface area contributed by atoms with E-state index in [0.29, 0.717) is 6.54 Å². The molecular formula is C10H14N4O. The van der Waals surface area contributed by atoms with Gasteiger partial charge in [0.25, 0.3) is 0 Å². The number of carbonyl (C=O) groups is 1.